The first-order chi connectivity index (χ1) is 7.66. The van der Waals surface area contributed by atoms with Gasteiger partial charge in [-0.3, -0.25) is 4.57 Å². The minimum atomic E-state index is -0.459. The van der Waals surface area contributed by atoms with E-state index >= 15 is 0 Å². The second-order valence-corrected chi connectivity index (χ2v) is 3.38. The molecule has 2 aromatic rings. The Hall–Kier alpha value is -2.17. The van der Waals surface area contributed by atoms with Crippen molar-refractivity contribution in [1.29, 1.82) is 0 Å². The van der Waals surface area contributed by atoms with Crippen LogP contribution in [0, 0.1) is 12.7 Å². The number of imidazole rings is 1. The fourth-order valence-corrected chi connectivity index (χ4v) is 1.29. The number of carbonyl (C=O) groups excluding carboxylic acids is 1. The molecule has 1 N–H and O–H groups in total. The van der Waals surface area contributed by atoms with Crippen LogP contribution in [0.15, 0.2) is 36.9 Å². The van der Waals surface area contributed by atoms with Crippen molar-refractivity contribution in [2.24, 2.45) is 0 Å². The molecule has 0 saturated carbocycles. The summed E-state index contributed by atoms with van der Waals surface area (Å²) in [5.41, 5.74) is 1.04. The normalized spacial score (nSPS) is 10.1. The highest BCUT2D eigenvalue weighted by Gasteiger charge is 2.07. The van der Waals surface area contributed by atoms with Crippen LogP contribution in [-0.2, 0) is 0 Å². The lowest BCUT2D eigenvalue weighted by atomic mass is 10.2. The van der Waals surface area contributed by atoms with E-state index in [0.29, 0.717) is 0 Å². The topological polar surface area (TPSA) is 46.9 Å². The number of nitrogens with zero attached hydrogens (tertiary/aromatic N) is 2. The minimum Gasteiger partial charge on any atom is -0.304 e. The number of aromatic nitrogens is 2. The molecule has 0 aliphatic carbocycles. The van der Waals surface area contributed by atoms with Crippen LogP contribution in [0.2, 0.25) is 0 Å². The molecule has 82 valence electrons. The molecule has 0 spiro atoms. The molecule has 0 atom stereocenters. The van der Waals surface area contributed by atoms with Gasteiger partial charge in [0.1, 0.15) is 12.1 Å². The van der Waals surface area contributed by atoms with Gasteiger partial charge in [0.15, 0.2) is 0 Å². The standard InChI is InChI=1S/C11H10FN3O/c1-8-2-3-9(12)10(6-8)14-11(16)15-5-4-13-7-15/h2-7H,1H3,(H,14,16). The first-order valence-corrected chi connectivity index (χ1v) is 4.72. The molecule has 0 aliphatic heterocycles. The minimum absolute atomic E-state index is 0.165. The molecule has 0 radical (unpaired) electrons. The van der Waals surface area contributed by atoms with Gasteiger partial charge in [-0.1, -0.05) is 6.07 Å². The molecule has 16 heavy (non-hydrogen) atoms. The molecule has 1 heterocycles. The van der Waals surface area contributed by atoms with Crippen molar-refractivity contribution in [1.82, 2.24) is 9.55 Å². The Kier molecular flexibility index (Phi) is 2.68. The third kappa shape index (κ3) is 2.08. The summed E-state index contributed by atoms with van der Waals surface area (Å²) in [6, 6.07) is 4.09. The van der Waals surface area contributed by atoms with Gasteiger partial charge < -0.3 is 5.32 Å². The number of benzene rings is 1. The summed E-state index contributed by atoms with van der Waals surface area (Å²) < 4.78 is 14.6. The van der Waals surface area contributed by atoms with Crippen molar-refractivity contribution in [2.75, 3.05) is 5.32 Å². The monoisotopic (exact) mass is 219 g/mol. The summed E-state index contributed by atoms with van der Waals surface area (Å²) in [6.07, 6.45) is 4.32. The summed E-state index contributed by atoms with van der Waals surface area (Å²) in [4.78, 5) is 15.3. The number of halogens is 1. The number of amides is 1. The van der Waals surface area contributed by atoms with Crippen LogP contribution in [0.4, 0.5) is 14.9 Å². The molecule has 0 fully saturated rings. The van der Waals surface area contributed by atoms with Gasteiger partial charge in [0, 0.05) is 12.4 Å². The molecule has 0 saturated heterocycles. The first-order valence-electron chi connectivity index (χ1n) is 4.72. The molecule has 0 unspecified atom stereocenters. The number of carbonyl (C=O) groups is 1. The molecule has 1 aromatic heterocycles. The number of nitrogens with one attached hydrogen (secondary N) is 1. The third-order valence-corrected chi connectivity index (χ3v) is 2.10. The quantitative estimate of drug-likeness (QED) is 0.800. The van der Waals surface area contributed by atoms with Crippen LogP contribution in [0.5, 0.6) is 0 Å². The lowest BCUT2D eigenvalue weighted by Crippen LogP contribution is -2.18. The van der Waals surface area contributed by atoms with Crippen LogP contribution in [0.1, 0.15) is 5.56 Å². The smallest absolute Gasteiger partial charge is 0.304 e. The first kappa shape index (κ1) is 10.4. The van der Waals surface area contributed by atoms with E-state index in [1.54, 1.807) is 12.1 Å². The maximum atomic E-state index is 13.3. The van der Waals surface area contributed by atoms with E-state index in [2.05, 4.69) is 10.3 Å². The van der Waals surface area contributed by atoms with Gasteiger partial charge in [-0.2, -0.15) is 0 Å². The zero-order chi connectivity index (χ0) is 11.5. The van der Waals surface area contributed by atoms with Gasteiger partial charge >= 0.3 is 6.03 Å². The van der Waals surface area contributed by atoms with Crippen LogP contribution in [-0.4, -0.2) is 15.6 Å². The van der Waals surface area contributed by atoms with Crippen molar-refractivity contribution < 1.29 is 9.18 Å². The molecule has 0 bridgehead atoms. The largest absolute Gasteiger partial charge is 0.331 e. The van der Waals surface area contributed by atoms with Crippen molar-refractivity contribution in [3.8, 4) is 0 Å². The van der Waals surface area contributed by atoms with Gasteiger partial charge in [-0.25, -0.2) is 14.2 Å². The van der Waals surface area contributed by atoms with Gasteiger partial charge in [0.25, 0.3) is 0 Å². The average molecular weight is 219 g/mol. The SMILES string of the molecule is Cc1ccc(F)c(NC(=O)n2ccnc2)c1. The summed E-state index contributed by atoms with van der Waals surface area (Å²) in [5, 5.41) is 2.46. The molecule has 1 aromatic carbocycles. The van der Waals surface area contributed by atoms with E-state index in [9.17, 15) is 9.18 Å². The van der Waals surface area contributed by atoms with Crippen molar-refractivity contribution in [3.63, 3.8) is 0 Å². The Bertz CT molecular complexity index is 508. The summed E-state index contributed by atoms with van der Waals surface area (Å²) in [5.74, 6) is -0.459. The maximum Gasteiger partial charge on any atom is 0.331 e. The zero-order valence-corrected chi connectivity index (χ0v) is 8.64. The summed E-state index contributed by atoms with van der Waals surface area (Å²) >= 11 is 0. The van der Waals surface area contributed by atoms with E-state index < -0.39 is 11.8 Å². The van der Waals surface area contributed by atoms with Gasteiger partial charge in [0.2, 0.25) is 0 Å². The van der Waals surface area contributed by atoms with Gasteiger partial charge in [-0.05, 0) is 24.6 Å². The fraction of sp³-hybridized carbons (Fsp3) is 0.0909. The molecule has 1 amide bonds. The van der Waals surface area contributed by atoms with Crippen LogP contribution in [0.25, 0.3) is 0 Å². The third-order valence-electron chi connectivity index (χ3n) is 2.10. The fourth-order valence-electron chi connectivity index (χ4n) is 1.29. The van der Waals surface area contributed by atoms with Crippen LogP contribution >= 0.6 is 0 Å². The van der Waals surface area contributed by atoms with Crippen LogP contribution in [0.3, 0.4) is 0 Å². The number of hydrogen-bond acceptors (Lipinski definition) is 2. The van der Waals surface area contributed by atoms with E-state index in [1.165, 1.54) is 29.4 Å². The van der Waals surface area contributed by atoms with Crippen LogP contribution < -0.4 is 5.32 Å². The van der Waals surface area contributed by atoms with Gasteiger partial charge in [-0.15, -0.1) is 0 Å². The second kappa shape index (κ2) is 4.14. The summed E-state index contributed by atoms with van der Waals surface area (Å²) in [7, 11) is 0. The van der Waals surface area contributed by atoms with E-state index in [0.717, 1.165) is 5.56 Å². The Morgan fingerprint density at radius 2 is 2.31 bits per heavy atom. The lowest BCUT2D eigenvalue weighted by molar-refractivity contribution is 0.253. The Morgan fingerprint density at radius 3 is 3.00 bits per heavy atom. The van der Waals surface area contributed by atoms with Crippen molar-refractivity contribution in [3.05, 3.63) is 48.3 Å². The number of anilines is 1. The Morgan fingerprint density at radius 1 is 1.50 bits per heavy atom. The summed E-state index contributed by atoms with van der Waals surface area (Å²) in [6.45, 7) is 1.83. The van der Waals surface area contributed by atoms with Gasteiger partial charge in [0.05, 0.1) is 5.69 Å². The molecular weight excluding hydrogens is 209 g/mol. The highest BCUT2D eigenvalue weighted by atomic mass is 19.1. The average Bonchev–Trinajstić information content (AvgIpc) is 2.76. The van der Waals surface area contributed by atoms with E-state index in [1.807, 2.05) is 6.92 Å². The highest BCUT2D eigenvalue weighted by molar-refractivity contribution is 5.91. The predicted molar refractivity (Wildman–Crippen MR) is 57.8 cm³/mol. The molecule has 5 heteroatoms. The Labute approximate surface area is 91.7 Å². The number of aryl methyl sites for hydroxylation is 1. The maximum absolute atomic E-state index is 13.3. The number of rotatable bonds is 1. The van der Waals surface area contributed by atoms with Crippen molar-refractivity contribution in [2.45, 2.75) is 6.92 Å². The molecular formula is C11H10FN3O. The second-order valence-electron chi connectivity index (χ2n) is 3.38. The van der Waals surface area contributed by atoms with Crippen molar-refractivity contribution >= 4 is 11.7 Å². The highest BCUT2D eigenvalue weighted by Crippen LogP contribution is 2.15. The molecule has 2 rings (SSSR count). The Balaban J connectivity index is 2.21. The van der Waals surface area contributed by atoms with E-state index in [4.69, 9.17) is 0 Å². The predicted octanol–water partition coefficient (Wildman–Crippen LogP) is 2.41. The number of hydrogen-bond donors (Lipinski definition) is 1. The zero-order valence-electron chi connectivity index (χ0n) is 8.64. The molecule has 0 aliphatic rings. The lowest BCUT2D eigenvalue weighted by Gasteiger charge is -2.07. The van der Waals surface area contributed by atoms with E-state index in [-0.39, 0.29) is 5.69 Å². The molecule has 4 nitrogen and oxygen atoms in total.